The van der Waals surface area contributed by atoms with Crippen LogP contribution in [-0.4, -0.2) is 9.55 Å². The second kappa shape index (κ2) is 11.7. The molecule has 258 valence electrons. The Bertz CT molecular complexity index is 3450. The molecule has 12 rings (SSSR count). The van der Waals surface area contributed by atoms with Crippen LogP contribution in [0.4, 0.5) is 17.1 Å². The van der Waals surface area contributed by atoms with E-state index in [-0.39, 0.29) is 0 Å². The number of furan rings is 1. The summed E-state index contributed by atoms with van der Waals surface area (Å²) in [6.45, 7) is 0. The zero-order valence-corrected chi connectivity index (χ0v) is 30.1. The topological polar surface area (TPSA) is 47.3 Å². The molecular formula is C49H29N3O2S. The number of nitrogens with zero attached hydrogens (tertiary/aromatic N) is 3. The maximum absolute atomic E-state index is 6.50. The van der Waals surface area contributed by atoms with E-state index in [0.717, 1.165) is 61.3 Å². The molecule has 0 atom stereocenters. The van der Waals surface area contributed by atoms with Gasteiger partial charge in [0.25, 0.3) is 0 Å². The van der Waals surface area contributed by atoms with Gasteiger partial charge in [-0.3, -0.25) is 0 Å². The first kappa shape index (κ1) is 30.3. The fourth-order valence-corrected chi connectivity index (χ4v) is 9.59. The van der Waals surface area contributed by atoms with Crippen molar-refractivity contribution in [1.29, 1.82) is 0 Å². The van der Waals surface area contributed by atoms with Gasteiger partial charge in [-0.15, -0.1) is 11.3 Å². The van der Waals surface area contributed by atoms with Gasteiger partial charge in [-0.25, -0.2) is 4.98 Å². The summed E-state index contributed by atoms with van der Waals surface area (Å²) in [5.41, 5.74) is 10.7. The standard InChI is InChI=1S/C49H29N3O2S/c1-3-13-30(14-4-1)49-50-38-28-37-36-27-32(25-26-43(36)53-44(37)29-45(38)54-49)52(42-23-11-19-34-33-17-8-10-24-46(33)55-48(34)42)41-22-12-21-40-47(41)35-18-7-9-20-39(35)51(40)31-15-5-2-6-16-31/h1-29H. The number of rotatable bonds is 5. The summed E-state index contributed by atoms with van der Waals surface area (Å²) < 4.78 is 17.6. The molecule has 0 saturated heterocycles. The van der Waals surface area contributed by atoms with Crippen LogP contribution in [0, 0.1) is 0 Å². The lowest BCUT2D eigenvalue weighted by Crippen LogP contribution is -2.10. The summed E-state index contributed by atoms with van der Waals surface area (Å²) in [7, 11) is 0. The van der Waals surface area contributed by atoms with E-state index < -0.39 is 0 Å². The van der Waals surface area contributed by atoms with E-state index in [1.807, 2.05) is 47.7 Å². The summed E-state index contributed by atoms with van der Waals surface area (Å²) in [6, 6.07) is 62.1. The minimum Gasteiger partial charge on any atom is -0.456 e. The third-order valence-electron chi connectivity index (χ3n) is 10.8. The van der Waals surface area contributed by atoms with Crippen molar-refractivity contribution in [2.24, 2.45) is 0 Å². The molecule has 0 fully saturated rings. The molecule has 55 heavy (non-hydrogen) atoms. The predicted octanol–water partition coefficient (Wildman–Crippen LogP) is 14.3. The molecule has 0 aliphatic carbocycles. The molecule has 0 aliphatic heterocycles. The van der Waals surface area contributed by atoms with Crippen LogP contribution < -0.4 is 4.90 Å². The Morgan fingerprint density at radius 2 is 1.20 bits per heavy atom. The number of oxazole rings is 1. The first-order valence-corrected chi connectivity index (χ1v) is 19.2. The summed E-state index contributed by atoms with van der Waals surface area (Å²) >= 11 is 1.84. The van der Waals surface area contributed by atoms with Gasteiger partial charge in [0.05, 0.1) is 27.1 Å². The van der Waals surface area contributed by atoms with Crippen molar-refractivity contribution in [3.8, 4) is 17.1 Å². The lowest BCUT2D eigenvalue weighted by molar-refractivity contribution is 0.617. The van der Waals surface area contributed by atoms with Crippen LogP contribution in [-0.2, 0) is 0 Å². The minimum absolute atomic E-state index is 0.596. The Hall–Kier alpha value is -7.15. The summed E-state index contributed by atoms with van der Waals surface area (Å²) in [5.74, 6) is 0.596. The van der Waals surface area contributed by atoms with Crippen LogP contribution in [0.1, 0.15) is 0 Å². The SMILES string of the molecule is c1ccc(-c2nc3cc4c(cc3o2)oc2ccc(N(c3cccc5c3sc3ccccc35)c3cccc5c3c3ccccc3n5-c3ccccc3)cc24)cc1. The van der Waals surface area contributed by atoms with Crippen LogP contribution >= 0.6 is 11.3 Å². The van der Waals surface area contributed by atoms with E-state index in [1.54, 1.807) is 0 Å². The molecule has 0 aliphatic rings. The molecule has 0 unspecified atom stereocenters. The normalized spacial score (nSPS) is 12.0. The number of hydrogen-bond acceptors (Lipinski definition) is 5. The van der Waals surface area contributed by atoms with E-state index in [0.29, 0.717) is 11.5 Å². The van der Waals surface area contributed by atoms with Gasteiger partial charge in [0, 0.05) is 60.0 Å². The molecule has 12 aromatic rings. The third kappa shape index (κ3) is 4.55. The lowest BCUT2D eigenvalue weighted by Gasteiger charge is -2.27. The highest BCUT2D eigenvalue weighted by Gasteiger charge is 2.24. The lowest BCUT2D eigenvalue weighted by atomic mass is 10.1. The van der Waals surface area contributed by atoms with E-state index >= 15 is 0 Å². The highest BCUT2D eigenvalue weighted by Crippen LogP contribution is 2.49. The van der Waals surface area contributed by atoms with Gasteiger partial charge >= 0.3 is 0 Å². The van der Waals surface area contributed by atoms with Gasteiger partial charge in [-0.05, 0) is 78.9 Å². The quantitative estimate of drug-likeness (QED) is 0.177. The van der Waals surface area contributed by atoms with Crippen LogP contribution in [0.3, 0.4) is 0 Å². The Labute approximate surface area is 318 Å². The largest absolute Gasteiger partial charge is 0.456 e. The second-order valence-corrected chi connectivity index (χ2v) is 15.0. The van der Waals surface area contributed by atoms with Crippen molar-refractivity contribution in [3.05, 3.63) is 176 Å². The van der Waals surface area contributed by atoms with Crippen molar-refractivity contribution >= 4 is 103 Å². The number of para-hydroxylation sites is 2. The Morgan fingerprint density at radius 1 is 0.491 bits per heavy atom. The average Bonchev–Trinajstić information content (AvgIpc) is 4.01. The van der Waals surface area contributed by atoms with E-state index in [2.05, 4.69) is 149 Å². The molecule has 0 saturated carbocycles. The Balaban J connectivity index is 1.14. The van der Waals surface area contributed by atoms with Crippen LogP contribution in [0.5, 0.6) is 0 Å². The van der Waals surface area contributed by atoms with Crippen molar-refractivity contribution in [2.75, 3.05) is 4.90 Å². The van der Waals surface area contributed by atoms with Crippen molar-refractivity contribution in [2.45, 2.75) is 0 Å². The molecule has 0 radical (unpaired) electrons. The van der Waals surface area contributed by atoms with E-state index in [4.69, 9.17) is 13.8 Å². The molecular weight excluding hydrogens is 695 g/mol. The summed E-state index contributed by atoms with van der Waals surface area (Å²) in [4.78, 5) is 7.34. The van der Waals surface area contributed by atoms with Gasteiger partial charge < -0.3 is 18.3 Å². The monoisotopic (exact) mass is 723 g/mol. The number of aromatic nitrogens is 2. The highest BCUT2D eigenvalue weighted by atomic mass is 32.1. The Morgan fingerprint density at radius 3 is 2.09 bits per heavy atom. The van der Waals surface area contributed by atoms with Crippen LogP contribution in [0.25, 0.3) is 92.2 Å². The third-order valence-corrected chi connectivity index (χ3v) is 12.0. The number of hydrogen-bond donors (Lipinski definition) is 0. The maximum atomic E-state index is 6.50. The maximum Gasteiger partial charge on any atom is 0.227 e. The first-order valence-electron chi connectivity index (χ1n) is 18.4. The van der Waals surface area contributed by atoms with Crippen LogP contribution in [0.2, 0.25) is 0 Å². The zero-order valence-electron chi connectivity index (χ0n) is 29.3. The summed E-state index contributed by atoms with van der Waals surface area (Å²) in [6.07, 6.45) is 0. The smallest absolute Gasteiger partial charge is 0.227 e. The first-order chi connectivity index (χ1) is 27.3. The average molecular weight is 724 g/mol. The van der Waals surface area contributed by atoms with Gasteiger partial charge in [-0.2, -0.15) is 0 Å². The highest BCUT2D eigenvalue weighted by molar-refractivity contribution is 7.26. The van der Waals surface area contributed by atoms with E-state index in [1.165, 1.54) is 36.5 Å². The number of thiophene rings is 1. The number of anilines is 3. The zero-order chi connectivity index (χ0) is 36.0. The fourth-order valence-electron chi connectivity index (χ4n) is 8.39. The second-order valence-electron chi connectivity index (χ2n) is 13.9. The van der Waals surface area contributed by atoms with Gasteiger partial charge in [0.15, 0.2) is 5.58 Å². The number of fused-ring (bicyclic) bond motifs is 10. The predicted molar refractivity (Wildman–Crippen MR) is 229 cm³/mol. The van der Waals surface area contributed by atoms with Gasteiger partial charge in [0.2, 0.25) is 5.89 Å². The van der Waals surface area contributed by atoms with Crippen LogP contribution in [0.15, 0.2) is 185 Å². The Kier molecular flexibility index (Phi) is 6.44. The summed E-state index contributed by atoms with van der Waals surface area (Å²) in [5, 5.41) is 6.92. The van der Waals surface area contributed by atoms with Crippen molar-refractivity contribution in [3.63, 3.8) is 0 Å². The van der Waals surface area contributed by atoms with Crippen molar-refractivity contribution in [1.82, 2.24) is 9.55 Å². The molecule has 4 heterocycles. The molecule has 0 spiro atoms. The molecule has 5 nitrogen and oxygen atoms in total. The minimum atomic E-state index is 0.596. The van der Waals surface area contributed by atoms with Gasteiger partial charge in [0.1, 0.15) is 16.7 Å². The molecule has 6 heteroatoms. The molecule has 0 amide bonds. The fraction of sp³-hybridized carbons (Fsp3) is 0. The van der Waals surface area contributed by atoms with E-state index in [9.17, 15) is 0 Å². The molecule has 4 aromatic heterocycles. The van der Waals surface area contributed by atoms with Crippen molar-refractivity contribution < 1.29 is 8.83 Å². The molecule has 0 N–H and O–H groups in total. The number of benzene rings is 8. The molecule has 8 aromatic carbocycles. The van der Waals surface area contributed by atoms with Gasteiger partial charge in [-0.1, -0.05) is 91.0 Å². The molecule has 0 bridgehead atoms.